The van der Waals surface area contributed by atoms with Crippen LogP contribution < -0.4 is 9.80 Å². The lowest BCUT2D eigenvalue weighted by Gasteiger charge is -2.37. The second-order valence-electron chi connectivity index (χ2n) is 5.72. The third-order valence-corrected chi connectivity index (χ3v) is 4.22. The number of rotatable bonds is 4. The Morgan fingerprint density at radius 1 is 0.917 bits per heavy atom. The molecule has 0 N–H and O–H groups in total. The highest BCUT2D eigenvalue weighted by Crippen LogP contribution is 2.21. The van der Waals surface area contributed by atoms with Gasteiger partial charge in [0.05, 0.1) is 12.2 Å². The third-order valence-electron chi connectivity index (χ3n) is 4.22. The van der Waals surface area contributed by atoms with Crippen molar-refractivity contribution < 1.29 is 13.9 Å². The van der Waals surface area contributed by atoms with Gasteiger partial charge in [0.1, 0.15) is 5.82 Å². The highest BCUT2D eigenvalue weighted by molar-refractivity contribution is 5.89. The highest BCUT2D eigenvalue weighted by Gasteiger charge is 2.18. The first kappa shape index (κ1) is 16.3. The molecule has 126 valence electrons. The molecule has 0 aliphatic carbocycles. The number of anilines is 2. The van der Waals surface area contributed by atoms with Crippen LogP contribution in [0, 0.1) is 5.82 Å². The minimum atomic E-state index is -0.287. The monoisotopic (exact) mass is 328 g/mol. The van der Waals surface area contributed by atoms with Crippen molar-refractivity contribution >= 4 is 17.3 Å². The molecule has 4 nitrogen and oxygen atoms in total. The first-order valence-electron chi connectivity index (χ1n) is 8.20. The Hall–Kier alpha value is -2.56. The summed E-state index contributed by atoms with van der Waals surface area (Å²) >= 11 is 0. The smallest absolute Gasteiger partial charge is 0.338 e. The van der Waals surface area contributed by atoms with Gasteiger partial charge in [-0.2, -0.15) is 0 Å². The van der Waals surface area contributed by atoms with Gasteiger partial charge in [-0.25, -0.2) is 9.18 Å². The van der Waals surface area contributed by atoms with Gasteiger partial charge >= 0.3 is 5.97 Å². The van der Waals surface area contributed by atoms with E-state index in [0.717, 1.165) is 37.6 Å². The maximum Gasteiger partial charge on any atom is 0.338 e. The zero-order valence-electron chi connectivity index (χ0n) is 13.7. The molecule has 0 amide bonds. The number of ether oxygens (including phenoxy) is 1. The van der Waals surface area contributed by atoms with Gasteiger partial charge in [-0.3, -0.25) is 0 Å². The van der Waals surface area contributed by atoms with Crippen LogP contribution >= 0.6 is 0 Å². The quantitative estimate of drug-likeness (QED) is 0.806. The molecule has 3 rings (SSSR count). The molecule has 1 aliphatic heterocycles. The van der Waals surface area contributed by atoms with Crippen LogP contribution in [-0.2, 0) is 4.74 Å². The van der Waals surface area contributed by atoms with Gasteiger partial charge in [0.25, 0.3) is 0 Å². The van der Waals surface area contributed by atoms with Crippen LogP contribution in [0.2, 0.25) is 0 Å². The fourth-order valence-corrected chi connectivity index (χ4v) is 2.90. The second kappa shape index (κ2) is 7.34. The van der Waals surface area contributed by atoms with Crippen molar-refractivity contribution in [2.75, 3.05) is 42.6 Å². The first-order chi connectivity index (χ1) is 11.7. The number of nitrogens with zero attached hydrogens (tertiary/aromatic N) is 2. The normalized spacial score (nSPS) is 14.6. The molecule has 0 atom stereocenters. The molecule has 24 heavy (non-hydrogen) atoms. The number of esters is 1. The summed E-state index contributed by atoms with van der Waals surface area (Å²) in [5.41, 5.74) is 2.72. The number of carbonyl (C=O) groups is 1. The SMILES string of the molecule is CCOC(=O)c1ccc(N2CCN(c3ccc(F)cc3)CC2)cc1. The van der Waals surface area contributed by atoms with Crippen molar-refractivity contribution in [2.45, 2.75) is 6.92 Å². The molecule has 0 saturated carbocycles. The molecule has 5 heteroatoms. The fourth-order valence-electron chi connectivity index (χ4n) is 2.90. The van der Waals surface area contributed by atoms with Gasteiger partial charge in [-0.15, -0.1) is 0 Å². The minimum absolute atomic E-state index is 0.209. The summed E-state index contributed by atoms with van der Waals surface area (Å²) in [5.74, 6) is -0.496. The summed E-state index contributed by atoms with van der Waals surface area (Å²) in [5, 5.41) is 0. The lowest BCUT2D eigenvalue weighted by atomic mass is 10.1. The number of benzene rings is 2. The Labute approximate surface area is 141 Å². The van der Waals surface area contributed by atoms with Crippen molar-refractivity contribution in [1.82, 2.24) is 0 Å². The van der Waals surface area contributed by atoms with Crippen LogP contribution in [0.1, 0.15) is 17.3 Å². The summed E-state index contributed by atoms with van der Waals surface area (Å²) in [6.07, 6.45) is 0. The van der Waals surface area contributed by atoms with Crippen LogP contribution in [0.15, 0.2) is 48.5 Å². The Morgan fingerprint density at radius 2 is 1.38 bits per heavy atom. The van der Waals surface area contributed by atoms with E-state index in [9.17, 15) is 9.18 Å². The Balaban J connectivity index is 1.60. The van der Waals surface area contributed by atoms with Crippen molar-refractivity contribution in [3.8, 4) is 0 Å². The number of carbonyl (C=O) groups excluding carboxylic acids is 1. The van der Waals surface area contributed by atoms with Crippen LogP contribution in [0.25, 0.3) is 0 Å². The summed E-state index contributed by atoms with van der Waals surface area (Å²) in [6.45, 7) is 5.71. The van der Waals surface area contributed by atoms with Crippen molar-refractivity contribution in [2.24, 2.45) is 0 Å². The van der Waals surface area contributed by atoms with Gasteiger partial charge in [-0.1, -0.05) is 0 Å². The molecule has 0 aromatic heterocycles. The lowest BCUT2D eigenvalue weighted by molar-refractivity contribution is 0.0526. The summed E-state index contributed by atoms with van der Waals surface area (Å²) in [7, 11) is 0. The van der Waals surface area contributed by atoms with Crippen molar-refractivity contribution in [1.29, 1.82) is 0 Å². The van der Waals surface area contributed by atoms with Crippen LogP contribution in [-0.4, -0.2) is 38.8 Å². The molecule has 2 aromatic carbocycles. The molecule has 2 aromatic rings. The zero-order chi connectivity index (χ0) is 16.9. The van der Waals surface area contributed by atoms with E-state index in [1.165, 1.54) is 12.1 Å². The molecule has 0 bridgehead atoms. The van der Waals surface area contributed by atoms with E-state index in [4.69, 9.17) is 4.74 Å². The largest absolute Gasteiger partial charge is 0.462 e. The van der Waals surface area contributed by atoms with Crippen molar-refractivity contribution in [3.05, 3.63) is 59.9 Å². The average Bonchev–Trinajstić information content (AvgIpc) is 2.63. The molecular weight excluding hydrogens is 307 g/mol. The molecule has 1 aliphatic rings. The molecule has 0 spiro atoms. The van der Waals surface area contributed by atoms with E-state index < -0.39 is 0 Å². The van der Waals surface area contributed by atoms with E-state index in [0.29, 0.717) is 12.2 Å². The van der Waals surface area contributed by atoms with E-state index in [1.54, 1.807) is 19.1 Å². The lowest BCUT2D eigenvalue weighted by Crippen LogP contribution is -2.46. The molecule has 0 radical (unpaired) electrons. The van der Waals surface area contributed by atoms with Gasteiger partial charge in [0, 0.05) is 37.6 Å². The topological polar surface area (TPSA) is 32.8 Å². The number of hydrogen-bond acceptors (Lipinski definition) is 4. The maximum absolute atomic E-state index is 13.0. The van der Waals surface area contributed by atoms with Gasteiger partial charge in [0.2, 0.25) is 0 Å². The molecule has 1 fully saturated rings. The third kappa shape index (κ3) is 3.67. The number of hydrogen-bond donors (Lipinski definition) is 0. The fraction of sp³-hybridized carbons (Fsp3) is 0.316. The number of piperazine rings is 1. The molecule has 1 saturated heterocycles. The van der Waals surface area contributed by atoms with E-state index in [-0.39, 0.29) is 11.8 Å². The summed E-state index contributed by atoms with van der Waals surface area (Å²) in [6, 6.07) is 14.2. The first-order valence-corrected chi connectivity index (χ1v) is 8.20. The second-order valence-corrected chi connectivity index (χ2v) is 5.72. The predicted molar refractivity (Wildman–Crippen MR) is 93.2 cm³/mol. The Morgan fingerprint density at radius 3 is 1.83 bits per heavy atom. The van der Waals surface area contributed by atoms with E-state index in [2.05, 4.69) is 9.80 Å². The maximum atomic E-state index is 13.0. The minimum Gasteiger partial charge on any atom is -0.462 e. The van der Waals surface area contributed by atoms with Gasteiger partial charge in [0.15, 0.2) is 0 Å². The average molecular weight is 328 g/mol. The Kier molecular flexibility index (Phi) is 4.99. The van der Waals surface area contributed by atoms with E-state index in [1.807, 2.05) is 24.3 Å². The molecule has 1 heterocycles. The summed E-state index contributed by atoms with van der Waals surface area (Å²) in [4.78, 5) is 16.2. The van der Waals surface area contributed by atoms with Gasteiger partial charge < -0.3 is 14.5 Å². The van der Waals surface area contributed by atoms with Gasteiger partial charge in [-0.05, 0) is 55.5 Å². The standard InChI is InChI=1S/C19H21FN2O2/c1-2-24-19(23)15-3-7-17(8-4-15)21-11-13-22(14-12-21)18-9-5-16(20)6-10-18/h3-10H,2,11-14H2,1H3. The number of halogens is 1. The highest BCUT2D eigenvalue weighted by atomic mass is 19.1. The van der Waals surface area contributed by atoms with E-state index >= 15 is 0 Å². The summed E-state index contributed by atoms with van der Waals surface area (Å²) < 4.78 is 18.0. The predicted octanol–water partition coefficient (Wildman–Crippen LogP) is 3.33. The molecule has 0 unspecified atom stereocenters. The van der Waals surface area contributed by atoms with Crippen LogP contribution in [0.4, 0.5) is 15.8 Å². The van der Waals surface area contributed by atoms with Crippen LogP contribution in [0.5, 0.6) is 0 Å². The Bertz CT molecular complexity index is 678. The zero-order valence-corrected chi connectivity index (χ0v) is 13.7. The van der Waals surface area contributed by atoms with Crippen LogP contribution in [0.3, 0.4) is 0 Å². The van der Waals surface area contributed by atoms with Crippen molar-refractivity contribution in [3.63, 3.8) is 0 Å². The molecular formula is C19H21FN2O2.